The monoisotopic (exact) mass is 273 g/mol. The van der Waals surface area contributed by atoms with Crippen molar-refractivity contribution in [3.8, 4) is 6.07 Å². The van der Waals surface area contributed by atoms with Crippen LogP contribution in [0, 0.1) is 23.2 Å². The fourth-order valence-corrected chi connectivity index (χ4v) is 3.39. The van der Waals surface area contributed by atoms with Gasteiger partial charge in [0, 0.05) is 12.7 Å². The van der Waals surface area contributed by atoms with Crippen LogP contribution >= 0.6 is 11.6 Å². The van der Waals surface area contributed by atoms with Gasteiger partial charge in [-0.15, -0.1) is 0 Å². The van der Waals surface area contributed by atoms with E-state index in [1.807, 2.05) is 6.07 Å². The Morgan fingerprint density at radius 2 is 2.32 bits per heavy atom. The predicted octanol–water partition coefficient (Wildman–Crippen LogP) is 3.01. The van der Waals surface area contributed by atoms with Crippen molar-refractivity contribution in [1.82, 2.24) is 10.3 Å². The van der Waals surface area contributed by atoms with Crippen LogP contribution in [0.25, 0.3) is 5.57 Å². The molecule has 1 N–H and O–H groups in total. The van der Waals surface area contributed by atoms with Gasteiger partial charge in [-0.3, -0.25) is 0 Å². The second-order valence-corrected chi connectivity index (χ2v) is 5.63. The van der Waals surface area contributed by atoms with Crippen LogP contribution in [0.4, 0.5) is 0 Å². The van der Waals surface area contributed by atoms with E-state index in [0.29, 0.717) is 16.6 Å². The number of rotatable bonds is 1. The van der Waals surface area contributed by atoms with Crippen molar-refractivity contribution < 1.29 is 0 Å². The maximum Gasteiger partial charge on any atom is 0.146 e. The molecule has 0 bridgehead atoms. The Hall–Kier alpha value is -1.37. The molecule has 3 nitrogen and oxygen atoms in total. The van der Waals surface area contributed by atoms with Gasteiger partial charge in [0.2, 0.25) is 0 Å². The molecule has 0 amide bonds. The molecule has 1 saturated heterocycles. The van der Waals surface area contributed by atoms with E-state index in [-0.39, 0.29) is 0 Å². The Balaban J connectivity index is 1.96. The number of nitrogens with one attached hydrogen (secondary N) is 1. The van der Waals surface area contributed by atoms with Crippen LogP contribution < -0.4 is 5.32 Å². The number of hydrogen-bond acceptors (Lipinski definition) is 3. The normalized spacial score (nSPS) is 26.2. The summed E-state index contributed by atoms with van der Waals surface area (Å²) < 4.78 is 0. The molecular weight excluding hydrogens is 258 g/mol. The minimum Gasteiger partial charge on any atom is -0.316 e. The van der Waals surface area contributed by atoms with Gasteiger partial charge in [0.1, 0.15) is 11.2 Å². The summed E-state index contributed by atoms with van der Waals surface area (Å²) in [7, 11) is 0. The Morgan fingerprint density at radius 3 is 3.16 bits per heavy atom. The summed E-state index contributed by atoms with van der Waals surface area (Å²) in [4.78, 5) is 4.14. The largest absolute Gasteiger partial charge is 0.316 e. The van der Waals surface area contributed by atoms with E-state index < -0.39 is 0 Å². The van der Waals surface area contributed by atoms with Crippen LogP contribution in [0.15, 0.2) is 18.3 Å². The van der Waals surface area contributed by atoms with Crippen molar-refractivity contribution in [3.63, 3.8) is 0 Å². The summed E-state index contributed by atoms with van der Waals surface area (Å²) in [5.74, 6) is 1.32. The van der Waals surface area contributed by atoms with Gasteiger partial charge in [-0.2, -0.15) is 5.26 Å². The van der Waals surface area contributed by atoms with Gasteiger partial charge >= 0.3 is 0 Å². The highest BCUT2D eigenvalue weighted by atomic mass is 35.5. The zero-order valence-corrected chi connectivity index (χ0v) is 11.5. The zero-order chi connectivity index (χ0) is 13.2. The highest BCUT2D eigenvalue weighted by Gasteiger charge is 2.30. The van der Waals surface area contributed by atoms with Crippen molar-refractivity contribution in [2.24, 2.45) is 11.8 Å². The fourth-order valence-electron chi connectivity index (χ4n) is 3.24. The molecule has 2 aliphatic rings. The number of pyridine rings is 1. The topological polar surface area (TPSA) is 48.7 Å². The molecule has 19 heavy (non-hydrogen) atoms. The number of aromatic nitrogens is 1. The summed E-state index contributed by atoms with van der Waals surface area (Å²) in [5.41, 5.74) is 2.86. The Morgan fingerprint density at radius 1 is 1.42 bits per heavy atom. The van der Waals surface area contributed by atoms with Crippen LogP contribution in [-0.4, -0.2) is 18.1 Å². The van der Waals surface area contributed by atoms with Gasteiger partial charge in [0.15, 0.2) is 0 Å². The first kappa shape index (κ1) is 12.7. The predicted molar refractivity (Wildman–Crippen MR) is 75.6 cm³/mol. The van der Waals surface area contributed by atoms with Crippen LogP contribution in [0.1, 0.15) is 30.4 Å². The van der Waals surface area contributed by atoms with Crippen LogP contribution in [-0.2, 0) is 0 Å². The van der Waals surface area contributed by atoms with Crippen molar-refractivity contribution in [1.29, 1.82) is 5.26 Å². The van der Waals surface area contributed by atoms with Gasteiger partial charge in [-0.05, 0) is 54.8 Å². The van der Waals surface area contributed by atoms with Gasteiger partial charge in [-0.1, -0.05) is 17.7 Å². The lowest BCUT2D eigenvalue weighted by Crippen LogP contribution is -2.38. The molecule has 0 aromatic carbocycles. The molecule has 1 fully saturated rings. The summed E-state index contributed by atoms with van der Waals surface area (Å²) in [6, 6.07) is 3.98. The Kier molecular flexibility index (Phi) is 3.54. The van der Waals surface area contributed by atoms with Gasteiger partial charge in [0.25, 0.3) is 0 Å². The molecule has 0 spiro atoms. The smallest absolute Gasteiger partial charge is 0.146 e. The Bertz CT molecular complexity index is 559. The molecule has 1 aromatic heterocycles. The third-order valence-corrected chi connectivity index (χ3v) is 4.52. The minimum absolute atomic E-state index is 0.293. The van der Waals surface area contributed by atoms with Crippen LogP contribution in [0.3, 0.4) is 0 Å². The quantitative estimate of drug-likeness (QED) is 0.800. The average molecular weight is 274 g/mol. The molecule has 98 valence electrons. The number of hydrogen-bond donors (Lipinski definition) is 1. The van der Waals surface area contributed by atoms with E-state index in [4.69, 9.17) is 16.9 Å². The Labute approximate surface area is 118 Å². The molecular formula is C15H16ClN3. The molecule has 1 aliphatic carbocycles. The van der Waals surface area contributed by atoms with Crippen molar-refractivity contribution in [3.05, 3.63) is 34.6 Å². The SMILES string of the molecule is N#Cc1cc(C2=CCC[C@@H]3CCNC[C@H]23)cnc1Cl. The first-order valence-electron chi connectivity index (χ1n) is 6.76. The third-order valence-electron chi connectivity index (χ3n) is 4.22. The first-order chi connectivity index (χ1) is 9.29. The molecule has 0 radical (unpaired) electrons. The van der Waals surface area contributed by atoms with E-state index in [0.717, 1.165) is 31.0 Å². The number of nitriles is 1. The zero-order valence-electron chi connectivity index (χ0n) is 10.7. The lowest BCUT2D eigenvalue weighted by molar-refractivity contribution is 0.285. The second kappa shape index (κ2) is 5.32. The van der Waals surface area contributed by atoms with Crippen molar-refractivity contribution >= 4 is 17.2 Å². The number of fused-ring (bicyclic) bond motifs is 1. The average Bonchev–Trinajstić information content (AvgIpc) is 2.47. The number of halogens is 1. The van der Waals surface area contributed by atoms with Gasteiger partial charge in [-0.25, -0.2) is 4.98 Å². The summed E-state index contributed by atoms with van der Waals surface area (Å²) in [6.45, 7) is 2.15. The molecule has 4 heteroatoms. The maximum absolute atomic E-state index is 9.07. The molecule has 0 unspecified atom stereocenters. The highest BCUT2D eigenvalue weighted by molar-refractivity contribution is 6.30. The van der Waals surface area contributed by atoms with Gasteiger partial charge < -0.3 is 5.32 Å². The van der Waals surface area contributed by atoms with E-state index >= 15 is 0 Å². The van der Waals surface area contributed by atoms with E-state index in [2.05, 4.69) is 22.4 Å². The molecule has 3 rings (SSSR count). The minimum atomic E-state index is 0.293. The fraction of sp³-hybridized carbons (Fsp3) is 0.467. The lowest BCUT2D eigenvalue weighted by atomic mass is 9.73. The second-order valence-electron chi connectivity index (χ2n) is 5.27. The number of nitrogens with zero attached hydrogens (tertiary/aromatic N) is 2. The van der Waals surface area contributed by atoms with Crippen molar-refractivity contribution in [2.45, 2.75) is 19.3 Å². The maximum atomic E-state index is 9.07. The van der Waals surface area contributed by atoms with E-state index in [1.54, 1.807) is 6.20 Å². The van der Waals surface area contributed by atoms with Crippen LogP contribution in [0.5, 0.6) is 0 Å². The van der Waals surface area contributed by atoms with E-state index in [9.17, 15) is 0 Å². The van der Waals surface area contributed by atoms with Crippen molar-refractivity contribution in [2.75, 3.05) is 13.1 Å². The molecule has 1 aliphatic heterocycles. The molecule has 0 saturated carbocycles. The number of piperidine rings is 1. The van der Waals surface area contributed by atoms with Gasteiger partial charge in [0.05, 0.1) is 5.56 Å². The molecule has 2 atom stereocenters. The molecule has 1 aromatic rings. The summed E-state index contributed by atoms with van der Waals surface area (Å²) >= 11 is 5.91. The van der Waals surface area contributed by atoms with E-state index in [1.165, 1.54) is 18.4 Å². The third kappa shape index (κ3) is 2.39. The molecule has 2 heterocycles. The summed E-state index contributed by atoms with van der Waals surface area (Å²) in [6.07, 6.45) is 7.75. The summed E-state index contributed by atoms with van der Waals surface area (Å²) in [5, 5.41) is 12.8. The standard InChI is InChI=1S/C15H16ClN3/c16-15-11(7-17)6-12(8-19-15)13-3-1-2-10-4-5-18-9-14(10)13/h3,6,8,10,14,18H,1-2,4-5,9H2/t10-,14+/m1/s1. The lowest BCUT2D eigenvalue weighted by Gasteiger charge is -2.37. The number of allylic oxidation sites excluding steroid dienone is 1. The first-order valence-corrected chi connectivity index (χ1v) is 7.14. The van der Waals surface area contributed by atoms with Crippen LogP contribution in [0.2, 0.25) is 5.15 Å². The highest BCUT2D eigenvalue weighted by Crippen LogP contribution is 2.39.